The highest BCUT2D eigenvalue weighted by molar-refractivity contribution is 8.01. The Morgan fingerprint density at radius 2 is 1.89 bits per heavy atom. The highest BCUT2D eigenvalue weighted by Crippen LogP contribution is 2.38. The van der Waals surface area contributed by atoms with E-state index in [9.17, 15) is 18.7 Å². The molecule has 2 heterocycles. The first kappa shape index (κ1) is 27.0. The first-order valence-electron chi connectivity index (χ1n) is 11.4. The van der Waals surface area contributed by atoms with Crippen LogP contribution in [0, 0.1) is 11.6 Å². The van der Waals surface area contributed by atoms with Gasteiger partial charge in [-0.1, -0.05) is 25.1 Å². The van der Waals surface area contributed by atoms with Crippen LogP contribution >= 0.6 is 23.5 Å². The van der Waals surface area contributed by atoms with E-state index in [0.717, 1.165) is 22.9 Å². The normalized spacial score (nSPS) is 14.8. The van der Waals surface area contributed by atoms with E-state index in [1.165, 1.54) is 35.2 Å². The van der Waals surface area contributed by atoms with E-state index >= 15 is 0 Å². The Kier molecular flexibility index (Phi) is 8.40. The Balaban J connectivity index is 1.47. The van der Waals surface area contributed by atoms with Gasteiger partial charge in [-0.3, -0.25) is 4.79 Å². The molecule has 2 aromatic carbocycles. The van der Waals surface area contributed by atoms with Crippen LogP contribution in [0.3, 0.4) is 0 Å². The van der Waals surface area contributed by atoms with Crippen molar-refractivity contribution in [1.82, 2.24) is 29.5 Å². The molecule has 2 aromatic heterocycles. The first-order chi connectivity index (χ1) is 17.7. The van der Waals surface area contributed by atoms with E-state index in [1.54, 1.807) is 44.1 Å². The Morgan fingerprint density at radius 1 is 1.14 bits per heavy atom. The summed E-state index contributed by atoms with van der Waals surface area (Å²) in [6.45, 7) is 3.33. The van der Waals surface area contributed by atoms with E-state index in [1.807, 2.05) is 23.7 Å². The van der Waals surface area contributed by atoms with Gasteiger partial charge in [0, 0.05) is 34.4 Å². The maximum atomic E-state index is 14.8. The molecular weight excluding hydrogens is 518 g/mol. The van der Waals surface area contributed by atoms with Gasteiger partial charge in [-0.05, 0) is 25.1 Å². The molecule has 4 aromatic rings. The summed E-state index contributed by atoms with van der Waals surface area (Å²) in [6, 6.07) is 10.4. The van der Waals surface area contributed by atoms with Crippen molar-refractivity contribution in [2.45, 2.75) is 47.1 Å². The molecule has 0 aliphatic heterocycles. The van der Waals surface area contributed by atoms with Crippen molar-refractivity contribution in [1.29, 1.82) is 0 Å². The van der Waals surface area contributed by atoms with Crippen molar-refractivity contribution in [3.63, 3.8) is 0 Å². The van der Waals surface area contributed by atoms with Crippen LogP contribution in [0.2, 0.25) is 0 Å². The maximum Gasteiger partial charge on any atom is 0.175 e. The van der Waals surface area contributed by atoms with Crippen LogP contribution in [-0.2, 0) is 24.9 Å². The van der Waals surface area contributed by atoms with Crippen LogP contribution in [0.1, 0.15) is 35.6 Å². The van der Waals surface area contributed by atoms with Crippen LogP contribution in [-0.4, -0.2) is 50.9 Å². The molecule has 0 saturated heterocycles. The van der Waals surface area contributed by atoms with Gasteiger partial charge in [0.15, 0.2) is 5.78 Å². The van der Waals surface area contributed by atoms with Crippen molar-refractivity contribution < 1.29 is 18.7 Å². The summed E-state index contributed by atoms with van der Waals surface area (Å²) in [5.41, 5.74) is -1.33. The van der Waals surface area contributed by atoms with Gasteiger partial charge in [-0.25, -0.2) is 18.4 Å². The lowest BCUT2D eigenvalue weighted by Crippen LogP contribution is -2.42. The van der Waals surface area contributed by atoms with Crippen molar-refractivity contribution in [3.05, 3.63) is 90.0 Å². The predicted octanol–water partition coefficient (Wildman–Crippen LogP) is 4.26. The summed E-state index contributed by atoms with van der Waals surface area (Å²) in [7, 11) is 1.88. The third-order valence-corrected chi connectivity index (χ3v) is 8.46. The summed E-state index contributed by atoms with van der Waals surface area (Å²) in [6.07, 6.45) is 4.36. The van der Waals surface area contributed by atoms with E-state index in [0.29, 0.717) is 11.3 Å². The number of hydrogen-bond acceptors (Lipinski definition) is 8. The molecule has 1 unspecified atom stereocenters. The lowest BCUT2D eigenvalue weighted by molar-refractivity contribution is 0.0132. The Labute approximate surface area is 221 Å². The topological polar surface area (TPSA) is 98.7 Å². The number of carbonyl (C=O) groups is 1. The zero-order chi connectivity index (χ0) is 26.6. The van der Waals surface area contributed by atoms with Crippen molar-refractivity contribution in [2.75, 3.05) is 0 Å². The number of aliphatic hydroxyl groups is 1. The number of thioether (sulfide) groups is 2. The average Bonchev–Trinajstić information content (AvgIpc) is 3.53. The number of aryl methyl sites for hydroxylation is 1. The fourth-order valence-corrected chi connectivity index (χ4v) is 6.04. The number of halogens is 2. The zero-order valence-electron chi connectivity index (χ0n) is 20.5. The van der Waals surface area contributed by atoms with Crippen LogP contribution < -0.4 is 0 Å². The Morgan fingerprint density at radius 3 is 2.51 bits per heavy atom. The van der Waals surface area contributed by atoms with Crippen molar-refractivity contribution >= 4 is 29.3 Å². The summed E-state index contributed by atoms with van der Waals surface area (Å²) >= 11 is 2.80. The number of nitrogens with zero attached hydrogens (tertiary/aromatic N) is 6. The molecule has 0 saturated carbocycles. The molecule has 0 radical (unpaired) electrons. The quantitative estimate of drug-likeness (QED) is 0.221. The van der Waals surface area contributed by atoms with E-state index in [-0.39, 0.29) is 17.9 Å². The summed E-state index contributed by atoms with van der Waals surface area (Å²) < 4.78 is 31.6. The number of Topliss-reactive ketones (excluding diaryl/α,β-unsaturated/α-hetero) is 1. The number of hydrogen-bond donors (Lipinski definition) is 1. The van der Waals surface area contributed by atoms with Crippen molar-refractivity contribution in [2.24, 2.45) is 7.05 Å². The molecule has 12 heteroatoms. The van der Waals surface area contributed by atoms with Gasteiger partial charge in [-0.2, -0.15) is 5.10 Å². The minimum Gasteiger partial charge on any atom is -0.382 e. The molecule has 0 amide bonds. The van der Waals surface area contributed by atoms with Gasteiger partial charge in [0.25, 0.3) is 0 Å². The van der Waals surface area contributed by atoms with Gasteiger partial charge in [0.1, 0.15) is 42.0 Å². The number of aromatic nitrogens is 6. The minimum absolute atomic E-state index is 0.0756. The molecule has 37 heavy (non-hydrogen) atoms. The second kappa shape index (κ2) is 11.5. The third kappa shape index (κ3) is 6.25. The summed E-state index contributed by atoms with van der Waals surface area (Å²) in [5.74, 6) is -0.239. The number of rotatable bonds is 11. The number of carbonyl (C=O) groups excluding carboxylic acids is 1. The monoisotopic (exact) mass is 544 g/mol. The molecular formula is C25H26F2N6O2S2. The molecule has 0 fully saturated rings. The highest BCUT2D eigenvalue weighted by atomic mass is 32.2. The predicted molar refractivity (Wildman–Crippen MR) is 138 cm³/mol. The Bertz CT molecular complexity index is 1350. The molecule has 194 valence electrons. The molecule has 0 bridgehead atoms. The lowest BCUT2D eigenvalue weighted by Gasteiger charge is -2.35. The van der Waals surface area contributed by atoms with Crippen LogP contribution in [0.5, 0.6) is 0 Å². The standard InChI is InChI=1S/C25H26F2N6O2S2/c1-16(24(34)18-4-7-20(8-5-18)36-11-23-31-29-15-32(23)3)37-17(2)25(35,12-33-14-28-13-30-33)21-9-6-19(26)10-22(21)27/h4-10,13-17,35H,11-12H2,1-3H3/t16?,17-,25-/m1/s1. The van der Waals surface area contributed by atoms with Crippen LogP contribution in [0.25, 0.3) is 0 Å². The molecule has 0 aliphatic carbocycles. The van der Waals surface area contributed by atoms with Crippen LogP contribution in [0.15, 0.2) is 66.3 Å². The molecule has 1 N–H and O–H groups in total. The van der Waals surface area contributed by atoms with Gasteiger partial charge >= 0.3 is 0 Å². The average molecular weight is 545 g/mol. The highest BCUT2D eigenvalue weighted by Gasteiger charge is 2.41. The SMILES string of the molecule is CC(S[C@H](C)[C@](O)(Cn1cncn1)c1ccc(F)cc1F)C(=O)c1ccc(SCc2nncn2C)cc1. The third-order valence-electron chi connectivity index (χ3n) is 6.03. The van der Waals surface area contributed by atoms with Gasteiger partial charge < -0.3 is 9.67 Å². The fraction of sp³-hybridized carbons (Fsp3) is 0.320. The van der Waals surface area contributed by atoms with Gasteiger partial charge in [-0.15, -0.1) is 33.7 Å². The summed E-state index contributed by atoms with van der Waals surface area (Å²) in [5, 5.41) is 22.5. The number of ketones is 1. The van der Waals surface area contributed by atoms with Gasteiger partial charge in [0.2, 0.25) is 0 Å². The largest absolute Gasteiger partial charge is 0.382 e. The molecule has 8 nitrogen and oxygen atoms in total. The lowest BCUT2D eigenvalue weighted by atomic mass is 9.90. The second-order valence-electron chi connectivity index (χ2n) is 8.60. The molecule has 0 aliphatic rings. The molecule has 3 atom stereocenters. The zero-order valence-corrected chi connectivity index (χ0v) is 22.1. The first-order valence-corrected chi connectivity index (χ1v) is 13.4. The van der Waals surface area contributed by atoms with Gasteiger partial charge in [0.05, 0.1) is 17.5 Å². The Hall–Kier alpha value is -3.09. The molecule has 4 rings (SSSR count). The maximum absolute atomic E-state index is 14.8. The minimum atomic E-state index is -1.79. The van der Waals surface area contributed by atoms with E-state index in [4.69, 9.17) is 0 Å². The van der Waals surface area contributed by atoms with E-state index in [2.05, 4.69) is 20.3 Å². The fourth-order valence-electron chi connectivity index (χ4n) is 3.85. The van der Waals surface area contributed by atoms with Crippen molar-refractivity contribution in [3.8, 4) is 0 Å². The molecule has 0 spiro atoms. The van der Waals surface area contributed by atoms with E-state index < -0.39 is 27.7 Å². The van der Waals surface area contributed by atoms with Crippen LogP contribution in [0.4, 0.5) is 8.78 Å². The number of benzene rings is 2. The smallest absolute Gasteiger partial charge is 0.175 e. The second-order valence-corrected chi connectivity index (χ2v) is 11.3. The summed E-state index contributed by atoms with van der Waals surface area (Å²) in [4.78, 5) is 18.1.